The molecule has 2 amide bonds. The molecule has 5 N–H and O–H groups in total. The van der Waals surface area contributed by atoms with Crippen LogP contribution in [-0.4, -0.2) is 82.4 Å². The topological polar surface area (TPSA) is 156 Å². The number of carbonyl (C=O) groups excluding carboxylic acids is 2. The fraction of sp³-hybridized carbons (Fsp3) is 0.300. The number of carbonyl (C=O) groups is 2. The molecule has 3 atom stereocenters. The molecule has 13 heteroatoms. The minimum Gasteiger partial charge on any atom is -0.506 e. The summed E-state index contributed by atoms with van der Waals surface area (Å²) in [5.41, 5.74) is 4.68. The summed E-state index contributed by atoms with van der Waals surface area (Å²) in [6.45, 7) is 4.79. The third kappa shape index (κ3) is 11.1. The van der Waals surface area contributed by atoms with E-state index in [9.17, 15) is 24.6 Å². The molecule has 6 aromatic rings. The lowest BCUT2D eigenvalue weighted by atomic mass is 9.86. The maximum Gasteiger partial charge on any atom is 0.408 e. The van der Waals surface area contributed by atoms with Crippen molar-refractivity contribution < 1.29 is 29.3 Å². The SMILES string of the molecule is O=C(N[C@@H](c1ccccc1)c1cccc(OCc2ccc(C(=O)N(CCCNC[C@H](O)c3ccc(O)c4[nH]c(=O)ccc34)Cc3ccc(Cl)cc3)cc2)c1)O[C@H]1CN2CCC1CC2. The number of ether oxygens (including phenoxy) is 2. The van der Waals surface area contributed by atoms with E-state index in [1.54, 1.807) is 29.2 Å². The first-order valence-electron chi connectivity index (χ1n) is 21.5. The Morgan fingerprint density at radius 1 is 0.873 bits per heavy atom. The van der Waals surface area contributed by atoms with Crippen LogP contribution in [0.1, 0.15) is 69.6 Å². The number of phenols is 1. The second kappa shape index (κ2) is 20.3. The predicted octanol–water partition coefficient (Wildman–Crippen LogP) is 7.73. The number of nitrogens with one attached hydrogen (secondary N) is 3. The van der Waals surface area contributed by atoms with Gasteiger partial charge in [-0.25, -0.2) is 4.79 Å². The quantitative estimate of drug-likeness (QED) is 0.0579. The highest BCUT2D eigenvalue weighted by Gasteiger charge is 2.37. The van der Waals surface area contributed by atoms with Crippen molar-refractivity contribution in [2.24, 2.45) is 5.92 Å². The first-order chi connectivity index (χ1) is 30.7. The van der Waals surface area contributed by atoms with Gasteiger partial charge < -0.3 is 40.2 Å². The molecule has 0 spiro atoms. The van der Waals surface area contributed by atoms with Gasteiger partial charge in [-0.05, 0) is 121 Å². The lowest BCUT2D eigenvalue weighted by Crippen LogP contribution is -2.52. The number of hydrogen-bond donors (Lipinski definition) is 5. The number of benzene rings is 5. The molecule has 12 nitrogen and oxygen atoms in total. The van der Waals surface area contributed by atoms with Crippen molar-refractivity contribution in [2.45, 2.75) is 50.7 Å². The molecule has 326 valence electrons. The minimum atomic E-state index is -0.893. The summed E-state index contributed by atoms with van der Waals surface area (Å²) in [5.74, 6) is 0.861. The van der Waals surface area contributed by atoms with Gasteiger partial charge in [-0.2, -0.15) is 0 Å². The lowest BCUT2D eigenvalue weighted by Gasteiger charge is -2.43. The number of phenolic OH excluding ortho intramolecular Hbond substituents is 1. The Hall–Kier alpha value is -6.18. The fourth-order valence-electron chi connectivity index (χ4n) is 8.57. The van der Waals surface area contributed by atoms with E-state index >= 15 is 0 Å². The van der Waals surface area contributed by atoms with E-state index in [4.69, 9.17) is 21.1 Å². The molecular weight excluding hydrogens is 818 g/mol. The number of pyridine rings is 1. The highest BCUT2D eigenvalue weighted by atomic mass is 35.5. The zero-order chi connectivity index (χ0) is 43.7. The van der Waals surface area contributed by atoms with Crippen LogP contribution in [0.4, 0.5) is 4.79 Å². The highest BCUT2D eigenvalue weighted by molar-refractivity contribution is 6.30. The smallest absolute Gasteiger partial charge is 0.408 e. The molecule has 1 aromatic heterocycles. The van der Waals surface area contributed by atoms with Crippen molar-refractivity contribution in [3.8, 4) is 11.5 Å². The van der Waals surface area contributed by atoms with E-state index < -0.39 is 18.2 Å². The second-order valence-electron chi connectivity index (χ2n) is 16.3. The largest absolute Gasteiger partial charge is 0.506 e. The summed E-state index contributed by atoms with van der Waals surface area (Å²) in [6.07, 6.45) is 1.31. The number of alkyl carbamates (subject to hydrolysis) is 1. The Morgan fingerprint density at radius 2 is 1.62 bits per heavy atom. The number of amides is 2. The van der Waals surface area contributed by atoms with Crippen LogP contribution in [0.5, 0.6) is 11.5 Å². The third-order valence-electron chi connectivity index (χ3n) is 12.0. The average Bonchev–Trinajstić information content (AvgIpc) is 3.31. The van der Waals surface area contributed by atoms with Crippen LogP contribution in [0, 0.1) is 5.92 Å². The minimum absolute atomic E-state index is 0.0662. The standard InChI is InChI=1S/C50H52ClN5O7/c51-39-16-12-33(13-17-39)30-56(25-5-24-52-29-44(58)41-18-20-43(57)48-42(41)19-21-46(59)53-48)49(60)37-14-10-34(11-15-37)32-62-40-9-4-8-38(28-40)47(36-6-2-1-3-7-36)54-50(61)63-45-31-55-26-22-35(45)23-27-55/h1-4,6-21,28,35,44-45,47,52,57-58H,5,22-27,29-32H2,(H,53,59)(H,54,61)/t44-,45-,47-/m0/s1. The number of nitrogens with zero attached hydrogens (tertiary/aromatic N) is 2. The summed E-state index contributed by atoms with van der Waals surface area (Å²) in [6, 6.07) is 38.0. The van der Waals surface area contributed by atoms with Crippen LogP contribution in [0.2, 0.25) is 5.02 Å². The number of aliphatic hydroxyl groups excluding tert-OH is 1. The average molecular weight is 870 g/mol. The van der Waals surface area contributed by atoms with Gasteiger partial charge in [0.15, 0.2) is 0 Å². The first kappa shape index (κ1) is 43.5. The van der Waals surface area contributed by atoms with Crippen LogP contribution in [0.15, 0.2) is 132 Å². The monoisotopic (exact) mass is 869 g/mol. The zero-order valence-corrected chi connectivity index (χ0v) is 35.7. The number of H-pyrrole nitrogens is 1. The molecule has 2 bridgehead atoms. The predicted molar refractivity (Wildman–Crippen MR) is 243 cm³/mol. The Labute approximate surface area is 371 Å². The molecular formula is C50H52ClN5O7. The van der Waals surface area contributed by atoms with Gasteiger partial charge in [-0.3, -0.25) is 14.5 Å². The molecule has 0 unspecified atom stereocenters. The summed E-state index contributed by atoms with van der Waals surface area (Å²) >= 11 is 6.16. The first-order valence-corrected chi connectivity index (χ1v) is 21.9. The summed E-state index contributed by atoms with van der Waals surface area (Å²) in [5, 5.41) is 28.8. The summed E-state index contributed by atoms with van der Waals surface area (Å²) in [4.78, 5) is 45.9. The van der Waals surface area contributed by atoms with Crippen LogP contribution in [0.3, 0.4) is 0 Å². The normalized spacial score (nSPS) is 17.8. The molecule has 3 aliphatic rings. The van der Waals surface area contributed by atoms with Crippen molar-refractivity contribution in [1.82, 2.24) is 25.4 Å². The second-order valence-corrected chi connectivity index (χ2v) is 16.8. The van der Waals surface area contributed by atoms with Crippen LogP contribution in [-0.2, 0) is 17.9 Å². The number of piperidine rings is 3. The number of aliphatic hydroxyl groups is 1. The molecule has 3 aliphatic heterocycles. The summed E-state index contributed by atoms with van der Waals surface area (Å²) in [7, 11) is 0. The molecule has 0 aliphatic carbocycles. The van der Waals surface area contributed by atoms with Gasteiger partial charge in [-0.15, -0.1) is 0 Å². The van der Waals surface area contributed by atoms with E-state index in [1.165, 1.54) is 12.1 Å². The third-order valence-corrected chi connectivity index (χ3v) is 12.3. The van der Waals surface area contributed by atoms with E-state index in [-0.39, 0.29) is 42.0 Å². The van der Waals surface area contributed by atoms with Gasteiger partial charge in [-0.1, -0.05) is 84.4 Å². The number of aromatic amines is 1. The van der Waals surface area contributed by atoms with E-state index in [0.29, 0.717) is 59.3 Å². The van der Waals surface area contributed by atoms with Crippen molar-refractivity contribution in [2.75, 3.05) is 39.3 Å². The van der Waals surface area contributed by atoms with E-state index in [0.717, 1.165) is 54.7 Å². The lowest BCUT2D eigenvalue weighted by molar-refractivity contribution is -0.0336. The van der Waals surface area contributed by atoms with Crippen molar-refractivity contribution in [3.05, 3.63) is 176 Å². The van der Waals surface area contributed by atoms with Crippen LogP contribution >= 0.6 is 11.6 Å². The fourth-order valence-corrected chi connectivity index (χ4v) is 8.70. The number of hydrogen-bond acceptors (Lipinski definition) is 9. The number of rotatable bonds is 17. The molecule has 5 aromatic carbocycles. The molecule has 3 fully saturated rings. The van der Waals surface area contributed by atoms with Crippen LogP contribution in [0.25, 0.3) is 10.9 Å². The van der Waals surface area contributed by atoms with Crippen molar-refractivity contribution >= 4 is 34.5 Å². The Morgan fingerprint density at radius 3 is 2.37 bits per heavy atom. The molecule has 0 radical (unpaired) electrons. The molecule has 0 saturated carbocycles. The van der Waals surface area contributed by atoms with Crippen molar-refractivity contribution in [3.63, 3.8) is 0 Å². The van der Waals surface area contributed by atoms with Gasteiger partial charge >= 0.3 is 6.09 Å². The number of aromatic hydroxyl groups is 1. The number of fused-ring (bicyclic) bond motifs is 4. The number of halogens is 1. The Balaban J connectivity index is 0.877. The zero-order valence-electron chi connectivity index (χ0n) is 34.9. The maximum atomic E-state index is 14.0. The number of aromatic nitrogens is 1. The van der Waals surface area contributed by atoms with Gasteiger partial charge in [0.05, 0.1) is 17.7 Å². The van der Waals surface area contributed by atoms with Crippen molar-refractivity contribution in [1.29, 1.82) is 0 Å². The Bertz CT molecular complexity index is 2550. The van der Waals surface area contributed by atoms with Gasteiger partial charge in [0, 0.05) is 48.2 Å². The maximum absolute atomic E-state index is 14.0. The summed E-state index contributed by atoms with van der Waals surface area (Å²) < 4.78 is 12.3. The highest BCUT2D eigenvalue weighted by Crippen LogP contribution is 2.32. The molecule has 3 saturated heterocycles. The molecule has 4 heterocycles. The van der Waals surface area contributed by atoms with Crippen LogP contribution < -0.4 is 20.9 Å². The van der Waals surface area contributed by atoms with E-state index in [2.05, 4.69) is 20.5 Å². The molecule has 63 heavy (non-hydrogen) atoms. The Kier molecular flexibility index (Phi) is 14.0. The van der Waals surface area contributed by atoms with Gasteiger partial charge in [0.2, 0.25) is 5.56 Å². The molecule has 9 rings (SSSR count). The van der Waals surface area contributed by atoms with Gasteiger partial charge in [0.25, 0.3) is 5.91 Å². The van der Waals surface area contributed by atoms with E-state index in [1.807, 2.05) is 91.0 Å². The van der Waals surface area contributed by atoms with Gasteiger partial charge in [0.1, 0.15) is 24.2 Å².